The average molecular weight is 280 g/mol. The molecule has 0 aliphatic heterocycles. The fourth-order valence-corrected chi connectivity index (χ4v) is 2.82. The van der Waals surface area contributed by atoms with Crippen LogP contribution in [0.15, 0.2) is 36.4 Å². The summed E-state index contributed by atoms with van der Waals surface area (Å²) in [5.41, 5.74) is 1.90. The number of benzene rings is 2. The van der Waals surface area contributed by atoms with Crippen LogP contribution in [0.3, 0.4) is 0 Å². The van der Waals surface area contributed by atoms with Gasteiger partial charge in [-0.25, -0.2) is 4.85 Å². The van der Waals surface area contributed by atoms with Crippen molar-refractivity contribution in [2.45, 2.75) is 19.3 Å². The highest BCUT2D eigenvalue weighted by molar-refractivity contribution is 6.02. The van der Waals surface area contributed by atoms with Gasteiger partial charge in [-0.15, -0.1) is 0 Å². The highest BCUT2D eigenvalue weighted by atomic mass is 16.3. The largest absolute Gasteiger partial charge is 0.396 e. The van der Waals surface area contributed by atoms with E-state index in [0.29, 0.717) is 5.69 Å². The lowest BCUT2D eigenvalue weighted by atomic mass is 10.1. The zero-order valence-corrected chi connectivity index (χ0v) is 12.1. The molecule has 1 aliphatic rings. The Bertz CT molecular complexity index is 670. The highest BCUT2D eigenvalue weighted by Gasteiger charge is 2.25. The minimum atomic E-state index is 0.221. The van der Waals surface area contributed by atoms with Crippen LogP contribution in [0, 0.1) is 12.5 Å². The Hall–Kier alpha value is -2.05. The Morgan fingerprint density at radius 2 is 1.90 bits per heavy atom. The molecule has 0 atom stereocenters. The van der Waals surface area contributed by atoms with Gasteiger partial charge in [0, 0.05) is 25.4 Å². The molecule has 0 bridgehead atoms. The monoisotopic (exact) mass is 280 g/mol. The molecule has 1 N–H and O–H groups in total. The van der Waals surface area contributed by atoms with Gasteiger partial charge in [-0.1, -0.05) is 30.3 Å². The van der Waals surface area contributed by atoms with Crippen LogP contribution in [0.1, 0.15) is 19.3 Å². The summed E-state index contributed by atoms with van der Waals surface area (Å²) in [6.07, 6.45) is 3.41. The second-order valence-electron chi connectivity index (χ2n) is 5.73. The van der Waals surface area contributed by atoms with E-state index >= 15 is 0 Å². The summed E-state index contributed by atoms with van der Waals surface area (Å²) in [5, 5.41) is 11.3. The lowest BCUT2D eigenvalue weighted by Gasteiger charge is -2.26. The highest BCUT2D eigenvalue weighted by Crippen LogP contribution is 2.37. The molecule has 0 saturated heterocycles. The predicted molar refractivity (Wildman–Crippen MR) is 86.8 cm³/mol. The zero-order valence-electron chi connectivity index (χ0n) is 12.1. The van der Waals surface area contributed by atoms with Crippen molar-refractivity contribution in [2.24, 2.45) is 5.92 Å². The van der Waals surface area contributed by atoms with E-state index in [0.717, 1.165) is 36.2 Å². The van der Waals surface area contributed by atoms with Gasteiger partial charge in [-0.3, -0.25) is 0 Å². The predicted octanol–water partition coefficient (Wildman–Crippen LogP) is 3.99. The van der Waals surface area contributed by atoms with Gasteiger partial charge < -0.3 is 10.0 Å². The van der Waals surface area contributed by atoms with Crippen molar-refractivity contribution in [3.05, 3.63) is 47.8 Å². The molecule has 3 heteroatoms. The number of rotatable bonds is 6. The average Bonchev–Trinajstić information content (AvgIpc) is 3.34. The lowest BCUT2D eigenvalue weighted by Crippen LogP contribution is -2.27. The second kappa shape index (κ2) is 6.15. The van der Waals surface area contributed by atoms with Gasteiger partial charge in [0.15, 0.2) is 5.69 Å². The molecule has 21 heavy (non-hydrogen) atoms. The maximum absolute atomic E-state index is 9.14. The molecule has 2 aromatic carbocycles. The van der Waals surface area contributed by atoms with E-state index < -0.39 is 0 Å². The Morgan fingerprint density at radius 3 is 2.57 bits per heavy atom. The third-order valence-electron chi connectivity index (χ3n) is 4.10. The topological polar surface area (TPSA) is 27.8 Å². The molecule has 0 heterocycles. The quantitative estimate of drug-likeness (QED) is 0.810. The number of aliphatic hydroxyl groups is 1. The van der Waals surface area contributed by atoms with Crippen molar-refractivity contribution >= 4 is 22.1 Å². The standard InChI is InChI=1S/C18H20N2O/c1-19-17-9-10-18(16-6-3-2-5-15(16)17)20(11-4-12-21)13-14-7-8-14/h2-3,5-6,9-10,14,21H,4,7-8,11-13H2. The summed E-state index contributed by atoms with van der Waals surface area (Å²) in [5.74, 6) is 0.794. The van der Waals surface area contributed by atoms with E-state index in [1.807, 2.05) is 24.3 Å². The van der Waals surface area contributed by atoms with Crippen LogP contribution in [0.5, 0.6) is 0 Å². The van der Waals surface area contributed by atoms with E-state index in [-0.39, 0.29) is 6.61 Å². The first-order valence-corrected chi connectivity index (χ1v) is 7.58. The molecule has 0 spiro atoms. The Kier molecular flexibility index (Phi) is 4.08. The van der Waals surface area contributed by atoms with Gasteiger partial charge in [0.2, 0.25) is 0 Å². The van der Waals surface area contributed by atoms with Crippen LogP contribution in [0.4, 0.5) is 11.4 Å². The minimum Gasteiger partial charge on any atom is -0.396 e. The summed E-state index contributed by atoms with van der Waals surface area (Å²) in [7, 11) is 0. The maximum Gasteiger partial charge on any atom is 0.195 e. The number of fused-ring (bicyclic) bond motifs is 1. The molecular weight excluding hydrogens is 260 g/mol. The number of anilines is 1. The summed E-state index contributed by atoms with van der Waals surface area (Å²) in [4.78, 5) is 6.00. The van der Waals surface area contributed by atoms with Crippen molar-refractivity contribution in [1.29, 1.82) is 0 Å². The molecule has 1 fully saturated rings. The summed E-state index contributed by atoms with van der Waals surface area (Å²) < 4.78 is 0. The van der Waals surface area contributed by atoms with Crippen LogP contribution in [0.25, 0.3) is 15.6 Å². The van der Waals surface area contributed by atoms with Gasteiger partial charge in [-0.2, -0.15) is 0 Å². The first-order chi connectivity index (χ1) is 10.3. The molecule has 1 aliphatic carbocycles. The number of hydrogen-bond acceptors (Lipinski definition) is 2. The van der Waals surface area contributed by atoms with Crippen molar-refractivity contribution in [2.75, 3.05) is 24.6 Å². The minimum absolute atomic E-state index is 0.221. The van der Waals surface area contributed by atoms with Crippen LogP contribution in [-0.2, 0) is 0 Å². The Balaban J connectivity index is 2.02. The van der Waals surface area contributed by atoms with Crippen LogP contribution < -0.4 is 4.90 Å². The third kappa shape index (κ3) is 3.01. The molecule has 2 aromatic rings. The summed E-state index contributed by atoms with van der Waals surface area (Å²) in [6, 6.07) is 12.1. The van der Waals surface area contributed by atoms with E-state index in [9.17, 15) is 0 Å². The van der Waals surface area contributed by atoms with E-state index in [2.05, 4.69) is 21.9 Å². The lowest BCUT2D eigenvalue weighted by molar-refractivity contribution is 0.289. The van der Waals surface area contributed by atoms with Crippen LogP contribution in [-0.4, -0.2) is 24.8 Å². The molecular formula is C18H20N2O. The third-order valence-corrected chi connectivity index (χ3v) is 4.10. The van der Waals surface area contributed by atoms with Crippen molar-refractivity contribution < 1.29 is 5.11 Å². The molecule has 0 aromatic heterocycles. The van der Waals surface area contributed by atoms with E-state index in [1.165, 1.54) is 18.5 Å². The number of nitrogens with zero attached hydrogens (tertiary/aromatic N) is 2. The molecule has 108 valence electrons. The SMILES string of the molecule is [C-]#[N+]c1ccc(N(CCCO)CC2CC2)c2ccccc12. The fraction of sp³-hybridized carbons (Fsp3) is 0.389. The molecule has 3 nitrogen and oxygen atoms in total. The van der Waals surface area contributed by atoms with Crippen LogP contribution in [0.2, 0.25) is 0 Å². The second-order valence-corrected chi connectivity index (χ2v) is 5.73. The molecule has 0 unspecified atom stereocenters. The van der Waals surface area contributed by atoms with Crippen molar-refractivity contribution in [1.82, 2.24) is 0 Å². The van der Waals surface area contributed by atoms with Gasteiger partial charge in [0.05, 0.1) is 6.57 Å². The summed E-state index contributed by atoms with van der Waals surface area (Å²) >= 11 is 0. The Morgan fingerprint density at radius 1 is 1.14 bits per heavy atom. The molecule has 3 rings (SSSR count). The molecule has 1 saturated carbocycles. The smallest absolute Gasteiger partial charge is 0.195 e. The normalized spacial score (nSPS) is 14.1. The first kappa shape index (κ1) is 13.9. The maximum atomic E-state index is 9.14. The fourth-order valence-electron chi connectivity index (χ4n) is 2.82. The molecule has 0 amide bonds. The van der Waals surface area contributed by atoms with E-state index in [1.54, 1.807) is 0 Å². The van der Waals surface area contributed by atoms with Crippen LogP contribution >= 0.6 is 0 Å². The van der Waals surface area contributed by atoms with Gasteiger partial charge in [0.25, 0.3) is 0 Å². The van der Waals surface area contributed by atoms with E-state index in [4.69, 9.17) is 11.7 Å². The van der Waals surface area contributed by atoms with Gasteiger partial charge >= 0.3 is 0 Å². The van der Waals surface area contributed by atoms with Crippen molar-refractivity contribution in [3.63, 3.8) is 0 Å². The first-order valence-electron chi connectivity index (χ1n) is 7.58. The van der Waals surface area contributed by atoms with Gasteiger partial charge in [0.1, 0.15) is 0 Å². The van der Waals surface area contributed by atoms with Gasteiger partial charge in [-0.05, 0) is 42.0 Å². The zero-order chi connectivity index (χ0) is 14.7. The number of hydrogen-bond donors (Lipinski definition) is 1. The Labute approximate surface area is 125 Å². The summed E-state index contributed by atoms with van der Waals surface area (Å²) in [6.45, 7) is 9.46. The van der Waals surface area contributed by atoms with Crippen molar-refractivity contribution in [3.8, 4) is 0 Å². The molecule has 0 radical (unpaired) electrons. The number of aliphatic hydroxyl groups excluding tert-OH is 1.